The van der Waals surface area contributed by atoms with Crippen LogP contribution in [0.4, 0.5) is 0 Å². The zero-order chi connectivity index (χ0) is 11.3. The van der Waals surface area contributed by atoms with Crippen molar-refractivity contribution in [3.63, 3.8) is 0 Å². The maximum atomic E-state index is 11.2. The van der Waals surface area contributed by atoms with Crippen molar-refractivity contribution in [2.45, 2.75) is 24.9 Å². The van der Waals surface area contributed by atoms with Crippen LogP contribution in [0.5, 0.6) is 0 Å². The SMILES string of the molecule is Cc1cccc([C@]23CO[C@H](C2)[C@H]3C(=O)O)c1. The van der Waals surface area contributed by atoms with E-state index < -0.39 is 5.97 Å². The first-order chi connectivity index (χ1) is 7.63. The van der Waals surface area contributed by atoms with E-state index in [9.17, 15) is 9.90 Å². The molecule has 1 saturated carbocycles. The summed E-state index contributed by atoms with van der Waals surface area (Å²) in [6.45, 7) is 2.58. The van der Waals surface area contributed by atoms with Gasteiger partial charge in [-0.1, -0.05) is 29.8 Å². The van der Waals surface area contributed by atoms with Crippen molar-refractivity contribution in [3.05, 3.63) is 35.4 Å². The molecule has 0 spiro atoms. The van der Waals surface area contributed by atoms with Crippen LogP contribution >= 0.6 is 0 Å². The average Bonchev–Trinajstić information content (AvgIpc) is 2.74. The van der Waals surface area contributed by atoms with Crippen molar-refractivity contribution >= 4 is 5.97 Å². The number of hydrogen-bond donors (Lipinski definition) is 1. The van der Waals surface area contributed by atoms with Crippen LogP contribution in [0.2, 0.25) is 0 Å². The molecular weight excluding hydrogens is 204 g/mol. The minimum atomic E-state index is -0.727. The Morgan fingerprint density at radius 3 is 3.00 bits per heavy atom. The van der Waals surface area contributed by atoms with E-state index in [1.54, 1.807) is 0 Å². The fourth-order valence-electron chi connectivity index (χ4n) is 3.09. The zero-order valence-electron chi connectivity index (χ0n) is 9.14. The quantitative estimate of drug-likeness (QED) is 0.822. The molecular formula is C13H14O3. The van der Waals surface area contributed by atoms with Gasteiger partial charge in [-0.15, -0.1) is 0 Å². The number of aryl methyl sites for hydroxylation is 1. The van der Waals surface area contributed by atoms with Gasteiger partial charge in [-0.05, 0) is 18.9 Å². The van der Waals surface area contributed by atoms with E-state index in [2.05, 4.69) is 6.07 Å². The molecule has 0 radical (unpaired) electrons. The number of aliphatic carboxylic acids is 1. The van der Waals surface area contributed by atoms with Crippen LogP contribution in [-0.2, 0) is 14.9 Å². The zero-order valence-corrected chi connectivity index (χ0v) is 9.14. The normalized spacial score (nSPS) is 35.8. The number of rotatable bonds is 2. The first-order valence-electron chi connectivity index (χ1n) is 5.55. The molecule has 2 heterocycles. The van der Waals surface area contributed by atoms with Crippen LogP contribution < -0.4 is 0 Å². The van der Waals surface area contributed by atoms with E-state index >= 15 is 0 Å². The lowest BCUT2D eigenvalue weighted by Gasteiger charge is -2.42. The Morgan fingerprint density at radius 1 is 1.56 bits per heavy atom. The summed E-state index contributed by atoms with van der Waals surface area (Å²) in [5.74, 6) is -1.08. The monoisotopic (exact) mass is 218 g/mol. The number of benzene rings is 1. The van der Waals surface area contributed by atoms with Gasteiger partial charge in [-0.25, -0.2) is 0 Å². The summed E-state index contributed by atoms with van der Waals surface area (Å²) in [4.78, 5) is 11.2. The predicted octanol–water partition coefficient (Wildman–Crippen LogP) is 1.74. The maximum Gasteiger partial charge on any atom is 0.310 e. The van der Waals surface area contributed by atoms with Gasteiger partial charge in [0, 0.05) is 5.41 Å². The van der Waals surface area contributed by atoms with E-state index in [4.69, 9.17) is 4.74 Å². The van der Waals surface area contributed by atoms with E-state index in [0.29, 0.717) is 6.61 Å². The molecule has 2 bridgehead atoms. The second-order valence-electron chi connectivity index (χ2n) is 4.90. The van der Waals surface area contributed by atoms with Crippen molar-refractivity contribution in [1.29, 1.82) is 0 Å². The Hall–Kier alpha value is -1.35. The van der Waals surface area contributed by atoms with E-state index in [0.717, 1.165) is 12.0 Å². The van der Waals surface area contributed by atoms with Gasteiger partial charge in [0.2, 0.25) is 0 Å². The van der Waals surface area contributed by atoms with Crippen LogP contribution in [0.25, 0.3) is 0 Å². The molecule has 3 atom stereocenters. The molecule has 2 saturated heterocycles. The molecule has 84 valence electrons. The fraction of sp³-hybridized carbons (Fsp3) is 0.462. The molecule has 1 aliphatic carbocycles. The average molecular weight is 218 g/mol. The third kappa shape index (κ3) is 1.09. The summed E-state index contributed by atoms with van der Waals surface area (Å²) < 4.78 is 5.52. The molecule has 3 aliphatic rings. The lowest BCUT2D eigenvalue weighted by molar-refractivity contribution is -0.150. The topological polar surface area (TPSA) is 46.5 Å². The molecule has 0 aromatic heterocycles. The van der Waals surface area contributed by atoms with Crippen molar-refractivity contribution in [1.82, 2.24) is 0 Å². The van der Waals surface area contributed by atoms with Gasteiger partial charge in [-0.2, -0.15) is 0 Å². The Bertz CT molecular complexity index is 450. The highest BCUT2D eigenvalue weighted by Crippen LogP contribution is 2.56. The molecule has 1 N–H and O–H groups in total. The third-order valence-corrected chi connectivity index (χ3v) is 3.95. The number of carboxylic acids is 1. The van der Waals surface area contributed by atoms with Crippen LogP contribution in [-0.4, -0.2) is 23.8 Å². The summed E-state index contributed by atoms with van der Waals surface area (Å²) in [6.07, 6.45) is 0.783. The van der Waals surface area contributed by atoms with Crippen molar-refractivity contribution in [2.24, 2.45) is 5.92 Å². The predicted molar refractivity (Wildman–Crippen MR) is 58.3 cm³/mol. The largest absolute Gasteiger partial charge is 0.481 e. The van der Waals surface area contributed by atoms with E-state index in [1.807, 2.05) is 25.1 Å². The highest BCUT2D eigenvalue weighted by atomic mass is 16.5. The maximum absolute atomic E-state index is 11.2. The standard InChI is InChI=1S/C13H14O3/c1-8-3-2-4-9(5-8)13-6-10(16-7-13)11(13)12(14)15/h2-5,10-11H,6-7H2,1H3,(H,14,15)/t10-,11+,13-/m1/s1. The molecule has 2 aliphatic heterocycles. The van der Waals surface area contributed by atoms with E-state index in [-0.39, 0.29) is 17.4 Å². The molecule has 16 heavy (non-hydrogen) atoms. The van der Waals surface area contributed by atoms with Gasteiger partial charge in [0.05, 0.1) is 18.6 Å². The molecule has 4 rings (SSSR count). The van der Waals surface area contributed by atoms with E-state index in [1.165, 1.54) is 5.56 Å². The minimum absolute atomic E-state index is 0.0713. The Balaban J connectivity index is 2.03. The van der Waals surface area contributed by atoms with Gasteiger partial charge in [-0.3, -0.25) is 4.79 Å². The lowest BCUT2D eigenvalue weighted by Crippen LogP contribution is -2.52. The summed E-state index contributed by atoms with van der Waals surface area (Å²) in [7, 11) is 0. The van der Waals surface area contributed by atoms with Crippen LogP contribution in [0.3, 0.4) is 0 Å². The molecule has 3 heteroatoms. The number of fused-ring (bicyclic) bond motifs is 1. The Kier molecular flexibility index (Phi) is 1.89. The van der Waals surface area contributed by atoms with Crippen LogP contribution in [0.1, 0.15) is 17.5 Å². The van der Waals surface area contributed by atoms with Gasteiger partial charge in [0.15, 0.2) is 0 Å². The summed E-state index contributed by atoms with van der Waals surface area (Å²) in [5, 5.41) is 9.23. The first kappa shape index (κ1) is 9.85. The molecule has 3 fully saturated rings. The number of carboxylic acid groups (broad SMARTS) is 1. The van der Waals surface area contributed by atoms with Crippen molar-refractivity contribution < 1.29 is 14.6 Å². The summed E-state index contributed by atoms with van der Waals surface area (Å²) in [5.41, 5.74) is 2.03. The van der Waals surface area contributed by atoms with Gasteiger partial charge >= 0.3 is 5.97 Å². The Morgan fingerprint density at radius 2 is 2.38 bits per heavy atom. The van der Waals surface area contributed by atoms with Crippen molar-refractivity contribution in [3.8, 4) is 0 Å². The smallest absolute Gasteiger partial charge is 0.310 e. The van der Waals surface area contributed by atoms with Gasteiger partial charge in [0.1, 0.15) is 0 Å². The van der Waals surface area contributed by atoms with Crippen LogP contribution in [0.15, 0.2) is 24.3 Å². The molecule has 0 amide bonds. The minimum Gasteiger partial charge on any atom is -0.481 e. The number of ether oxygens (including phenoxy) is 1. The summed E-state index contributed by atoms with van der Waals surface area (Å²) >= 11 is 0. The highest BCUT2D eigenvalue weighted by Gasteiger charge is 2.64. The van der Waals surface area contributed by atoms with Gasteiger partial charge in [0.25, 0.3) is 0 Å². The molecule has 1 aromatic carbocycles. The third-order valence-electron chi connectivity index (χ3n) is 3.95. The molecule has 1 aromatic rings. The summed E-state index contributed by atoms with van der Waals surface area (Å²) in [6, 6.07) is 8.13. The first-order valence-corrected chi connectivity index (χ1v) is 5.55. The Labute approximate surface area is 94.0 Å². The number of hydrogen-bond acceptors (Lipinski definition) is 2. The van der Waals surface area contributed by atoms with Crippen LogP contribution in [0, 0.1) is 12.8 Å². The highest BCUT2D eigenvalue weighted by molar-refractivity contribution is 5.76. The molecule has 3 nitrogen and oxygen atoms in total. The molecule has 0 unspecified atom stereocenters. The second kappa shape index (κ2) is 3.08. The van der Waals surface area contributed by atoms with Gasteiger partial charge < -0.3 is 9.84 Å². The fourth-order valence-corrected chi connectivity index (χ4v) is 3.09. The lowest BCUT2D eigenvalue weighted by atomic mass is 9.57. The number of carbonyl (C=O) groups is 1. The van der Waals surface area contributed by atoms with Crippen molar-refractivity contribution in [2.75, 3.05) is 6.61 Å². The second-order valence-corrected chi connectivity index (χ2v) is 4.90.